The summed E-state index contributed by atoms with van der Waals surface area (Å²) in [5, 5.41) is 13.5. The van der Waals surface area contributed by atoms with E-state index in [1.54, 1.807) is 0 Å². The number of hydrogen-bond acceptors (Lipinski definition) is 3. The zero-order valence-electron chi connectivity index (χ0n) is 10.9. The molecule has 4 nitrogen and oxygen atoms in total. The lowest BCUT2D eigenvalue weighted by molar-refractivity contribution is 0.0919. The van der Waals surface area contributed by atoms with Gasteiger partial charge in [-0.2, -0.15) is 0 Å². The van der Waals surface area contributed by atoms with Crippen molar-refractivity contribution in [3.8, 4) is 5.75 Å². The van der Waals surface area contributed by atoms with Crippen LogP contribution < -0.4 is 5.32 Å². The summed E-state index contributed by atoms with van der Waals surface area (Å²) in [5.41, 5.74) is 0.451. The Morgan fingerprint density at radius 2 is 2.16 bits per heavy atom. The Balaban J connectivity index is 1.98. The van der Waals surface area contributed by atoms with Gasteiger partial charge in [0.25, 0.3) is 5.91 Å². The summed E-state index contributed by atoms with van der Waals surface area (Å²) < 4.78 is 0. The second kappa shape index (κ2) is 6.37. The second-order valence-electron chi connectivity index (χ2n) is 5.27. The van der Waals surface area contributed by atoms with Gasteiger partial charge in [-0.25, -0.2) is 0 Å². The summed E-state index contributed by atoms with van der Waals surface area (Å²) in [7, 11) is 0. The number of rotatable bonds is 4. The van der Waals surface area contributed by atoms with E-state index >= 15 is 0 Å². The second-order valence-corrected chi connectivity index (χ2v) is 5.83. The number of amides is 1. The molecule has 5 heteroatoms. The fraction of sp³-hybridized carbons (Fsp3) is 0.571. The monoisotopic (exact) mass is 326 g/mol. The van der Waals surface area contributed by atoms with Crippen molar-refractivity contribution in [1.29, 1.82) is 0 Å². The molecule has 104 valence electrons. The van der Waals surface area contributed by atoms with Gasteiger partial charge in [0, 0.05) is 18.1 Å². The zero-order valence-corrected chi connectivity index (χ0v) is 12.4. The maximum atomic E-state index is 12.1. The number of nitrogens with zero attached hydrogens (tertiary/aromatic N) is 1. The normalized spacial score (nSPS) is 17.9. The molecule has 0 aromatic carbocycles. The van der Waals surface area contributed by atoms with Crippen LogP contribution in [0.15, 0.2) is 18.5 Å². The Kier molecular flexibility index (Phi) is 4.80. The van der Waals surface area contributed by atoms with Crippen LogP contribution in [0.5, 0.6) is 5.75 Å². The van der Waals surface area contributed by atoms with E-state index in [0.29, 0.717) is 6.54 Å². The molecule has 0 unspecified atom stereocenters. The number of pyridine rings is 1. The van der Waals surface area contributed by atoms with E-state index in [1.165, 1.54) is 37.7 Å². The number of aromatic nitrogens is 1. The molecule has 1 aliphatic rings. The standard InChI is InChI=1S/C14H19BrN2O2/c15-9-14(5-2-1-3-6-14)10-17-13(19)11-4-7-16-8-12(11)18/h4,7-8,18H,1-3,5-6,9-10H2,(H,17,19). The van der Waals surface area contributed by atoms with E-state index in [-0.39, 0.29) is 22.6 Å². The minimum Gasteiger partial charge on any atom is -0.505 e. The van der Waals surface area contributed by atoms with Crippen molar-refractivity contribution in [2.45, 2.75) is 32.1 Å². The van der Waals surface area contributed by atoms with Gasteiger partial charge in [-0.15, -0.1) is 0 Å². The van der Waals surface area contributed by atoms with E-state index in [9.17, 15) is 9.90 Å². The average molecular weight is 327 g/mol. The molecular formula is C14H19BrN2O2. The molecule has 0 radical (unpaired) electrons. The van der Waals surface area contributed by atoms with E-state index in [2.05, 4.69) is 26.2 Å². The predicted molar refractivity (Wildman–Crippen MR) is 77.5 cm³/mol. The topological polar surface area (TPSA) is 62.2 Å². The smallest absolute Gasteiger partial charge is 0.255 e. The van der Waals surface area contributed by atoms with Crippen molar-refractivity contribution in [3.05, 3.63) is 24.0 Å². The minimum absolute atomic E-state index is 0.0727. The number of hydrogen-bond donors (Lipinski definition) is 2. The Labute approximate surface area is 121 Å². The van der Waals surface area contributed by atoms with Crippen LogP contribution in [-0.2, 0) is 0 Å². The summed E-state index contributed by atoms with van der Waals surface area (Å²) in [4.78, 5) is 15.8. The molecule has 2 N–H and O–H groups in total. The molecule has 1 heterocycles. The lowest BCUT2D eigenvalue weighted by Gasteiger charge is -2.35. The van der Waals surface area contributed by atoms with Crippen molar-refractivity contribution in [2.24, 2.45) is 5.41 Å². The van der Waals surface area contributed by atoms with Crippen LogP contribution in [0.25, 0.3) is 0 Å². The van der Waals surface area contributed by atoms with Crippen molar-refractivity contribution in [2.75, 3.05) is 11.9 Å². The molecule has 1 saturated carbocycles. The summed E-state index contributed by atoms with van der Waals surface area (Å²) in [6.45, 7) is 0.652. The predicted octanol–water partition coefficient (Wildman–Crippen LogP) is 2.86. The van der Waals surface area contributed by atoms with Crippen LogP contribution in [0.4, 0.5) is 0 Å². The summed E-state index contributed by atoms with van der Waals surface area (Å²) in [6, 6.07) is 1.53. The fourth-order valence-corrected chi connectivity index (χ4v) is 3.36. The third-order valence-corrected chi connectivity index (χ3v) is 5.06. The Morgan fingerprint density at radius 1 is 1.42 bits per heavy atom. The highest BCUT2D eigenvalue weighted by atomic mass is 79.9. The molecule has 0 spiro atoms. The van der Waals surface area contributed by atoms with Gasteiger partial charge in [0.15, 0.2) is 0 Å². The van der Waals surface area contributed by atoms with Gasteiger partial charge in [-0.1, -0.05) is 35.2 Å². The summed E-state index contributed by atoms with van der Waals surface area (Å²) >= 11 is 3.58. The van der Waals surface area contributed by atoms with Gasteiger partial charge in [-0.05, 0) is 24.3 Å². The van der Waals surface area contributed by atoms with Gasteiger partial charge in [0.1, 0.15) is 5.75 Å². The van der Waals surface area contributed by atoms with Crippen molar-refractivity contribution >= 4 is 21.8 Å². The first-order valence-corrected chi connectivity index (χ1v) is 7.76. The fourth-order valence-electron chi connectivity index (χ4n) is 2.60. The lowest BCUT2D eigenvalue weighted by atomic mass is 9.75. The first-order valence-electron chi connectivity index (χ1n) is 6.64. The van der Waals surface area contributed by atoms with Gasteiger partial charge in [-0.3, -0.25) is 9.78 Å². The van der Waals surface area contributed by atoms with Crippen LogP contribution >= 0.6 is 15.9 Å². The highest BCUT2D eigenvalue weighted by Gasteiger charge is 2.31. The largest absolute Gasteiger partial charge is 0.505 e. The average Bonchev–Trinajstić information content (AvgIpc) is 2.46. The first-order chi connectivity index (χ1) is 9.17. The summed E-state index contributed by atoms with van der Waals surface area (Å²) in [5.74, 6) is -0.303. The number of nitrogens with one attached hydrogen (secondary N) is 1. The van der Waals surface area contributed by atoms with Gasteiger partial charge in [0.2, 0.25) is 0 Å². The van der Waals surface area contributed by atoms with Gasteiger partial charge in [0.05, 0.1) is 11.8 Å². The lowest BCUT2D eigenvalue weighted by Crippen LogP contribution is -2.40. The number of halogens is 1. The highest BCUT2D eigenvalue weighted by Crippen LogP contribution is 2.37. The van der Waals surface area contributed by atoms with Crippen molar-refractivity contribution in [3.63, 3.8) is 0 Å². The van der Waals surface area contributed by atoms with E-state index in [0.717, 1.165) is 18.2 Å². The van der Waals surface area contributed by atoms with Crippen LogP contribution in [0.3, 0.4) is 0 Å². The van der Waals surface area contributed by atoms with Crippen molar-refractivity contribution in [1.82, 2.24) is 10.3 Å². The molecule has 1 fully saturated rings. The highest BCUT2D eigenvalue weighted by molar-refractivity contribution is 9.09. The van der Waals surface area contributed by atoms with Crippen LogP contribution in [-0.4, -0.2) is 27.9 Å². The molecular weight excluding hydrogens is 308 g/mol. The Hall–Kier alpha value is -1.10. The first kappa shape index (κ1) is 14.3. The van der Waals surface area contributed by atoms with Crippen LogP contribution in [0.1, 0.15) is 42.5 Å². The molecule has 1 aromatic rings. The molecule has 0 saturated heterocycles. The van der Waals surface area contributed by atoms with Crippen LogP contribution in [0.2, 0.25) is 0 Å². The quantitative estimate of drug-likeness (QED) is 0.836. The SMILES string of the molecule is O=C(NCC1(CBr)CCCCC1)c1ccncc1O. The number of carbonyl (C=O) groups excluding carboxylic acids is 1. The third kappa shape index (κ3) is 3.47. The molecule has 1 aromatic heterocycles. The van der Waals surface area contributed by atoms with E-state index in [4.69, 9.17) is 0 Å². The molecule has 1 amide bonds. The van der Waals surface area contributed by atoms with Gasteiger partial charge < -0.3 is 10.4 Å². The number of carbonyl (C=O) groups is 1. The van der Waals surface area contributed by atoms with Crippen LogP contribution in [0, 0.1) is 5.41 Å². The molecule has 0 atom stereocenters. The zero-order chi connectivity index (χ0) is 13.7. The molecule has 19 heavy (non-hydrogen) atoms. The van der Waals surface area contributed by atoms with Gasteiger partial charge >= 0.3 is 0 Å². The van der Waals surface area contributed by atoms with E-state index < -0.39 is 0 Å². The maximum absolute atomic E-state index is 12.1. The third-order valence-electron chi connectivity index (χ3n) is 3.87. The minimum atomic E-state index is -0.231. The number of aromatic hydroxyl groups is 1. The summed E-state index contributed by atoms with van der Waals surface area (Å²) in [6.07, 6.45) is 8.81. The maximum Gasteiger partial charge on any atom is 0.255 e. The van der Waals surface area contributed by atoms with Crippen molar-refractivity contribution < 1.29 is 9.90 Å². The number of alkyl halides is 1. The Morgan fingerprint density at radius 3 is 2.79 bits per heavy atom. The molecule has 0 bridgehead atoms. The molecule has 0 aliphatic heterocycles. The molecule has 1 aliphatic carbocycles. The van der Waals surface area contributed by atoms with E-state index in [1.807, 2.05) is 0 Å². The Bertz CT molecular complexity index is 445. The molecule has 2 rings (SSSR count).